The lowest BCUT2D eigenvalue weighted by Gasteiger charge is -2.09. The van der Waals surface area contributed by atoms with Gasteiger partial charge in [-0.3, -0.25) is 0 Å². The largest absolute Gasteiger partial charge is 0.478 e. The summed E-state index contributed by atoms with van der Waals surface area (Å²) >= 11 is 0. The van der Waals surface area contributed by atoms with Crippen LogP contribution < -0.4 is 10.6 Å². The van der Waals surface area contributed by atoms with Crippen LogP contribution >= 0.6 is 0 Å². The van der Waals surface area contributed by atoms with E-state index in [1.165, 1.54) is 12.4 Å². The van der Waals surface area contributed by atoms with Crippen LogP contribution in [-0.2, 0) is 6.42 Å². The van der Waals surface area contributed by atoms with E-state index >= 15 is 0 Å². The number of carboxylic acids is 1. The molecule has 1 aromatic heterocycles. The number of anilines is 1. The van der Waals surface area contributed by atoms with E-state index in [4.69, 9.17) is 9.63 Å². The Labute approximate surface area is 118 Å². The predicted molar refractivity (Wildman–Crippen MR) is 68.4 cm³/mol. The molecule has 0 aliphatic carbocycles. The number of aromatic carboxylic acids is 1. The predicted octanol–water partition coefficient (Wildman–Crippen LogP) is 1.27. The topological polar surface area (TPSA) is 117 Å². The summed E-state index contributed by atoms with van der Waals surface area (Å²) in [5.74, 6) is -1.67. The van der Waals surface area contributed by atoms with E-state index in [0.29, 0.717) is 12.3 Å². The first kappa shape index (κ1) is 14.4. The molecule has 0 atom stereocenters. The molecule has 0 aliphatic rings. The third kappa shape index (κ3) is 4.00. The van der Waals surface area contributed by atoms with Gasteiger partial charge in [0.15, 0.2) is 6.33 Å². The van der Waals surface area contributed by atoms with Crippen LogP contribution in [0.4, 0.5) is 14.9 Å². The Bertz CT molecular complexity index is 645. The zero-order chi connectivity index (χ0) is 15.2. The maximum Gasteiger partial charge on any atom is 0.337 e. The molecule has 0 saturated carbocycles. The molecule has 0 unspecified atom stereocenters. The first-order chi connectivity index (χ1) is 10.1. The molecule has 21 heavy (non-hydrogen) atoms. The van der Waals surface area contributed by atoms with Crippen LogP contribution in [0.15, 0.2) is 29.0 Å². The smallest absolute Gasteiger partial charge is 0.337 e. The summed E-state index contributed by atoms with van der Waals surface area (Å²) in [7, 11) is 0. The van der Waals surface area contributed by atoms with Gasteiger partial charge in [0.25, 0.3) is 0 Å². The van der Waals surface area contributed by atoms with Crippen molar-refractivity contribution in [3.8, 4) is 0 Å². The van der Waals surface area contributed by atoms with Crippen molar-refractivity contribution in [2.75, 3.05) is 11.9 Å². The van der Waals surface area contributed by atoms with E-state index in [1.54, 1.807) is 0 Å². The molecule has 8 nitrogen and oxygen atoms in total. The Kier molecular flexibility index (Phi) is 4.44. The molecule has 0 bridgehead atoms. The minimum absolute atomic E-state index is 0.000750. The molecule has 2 rings (SSSR count). The molecule has 9 heteroatoms. The van der Waals surface area contributed by atoms with Crippen LogP contribution in [0.3, 0.4) is 0 Å². The van der Waals surface area contributed by atoms with Crippen molar-refractivity contribution < 1.29 is 23.6 Å². The lowest BCUT2D eigenvalue weighted by atomic mass is 10.2. The number of carbonyl (C=O) groups is 2. The van der Waals surface area contributed by atoms with Crippen molar-refractivity contribution in [3.05, 3.63) is 41.8 Å². The third-order valence-electron chi connectivity index (χ3n) is 2.49. The fraction of sp³-hybridized carbons (Fsp3) is 0.167. The molecule has 0 radical (unpaired) electrons. The fourth-order valence-electron chi connectivity index (χ4n) is 1.56. The third-order valence-corrected chi connectivity index (χ3v) is 2.49. The van der Waals surface area contributed by atoms with Gasteiger partial charge in [0.05, 0.1) is 11.3 Å². The maximum absolute atomic E-state index is 13.0. The van der Waals surface area contributed by atoms with E-state index in [1.807, 2.05) is 0 Å². The average Bonchev–Trinajstić information content (AvgIpc) is 2.94. The minimum atomic E-state index is -1.34. The first-order valence-corrected chi connectivity index (χ1v) is 5.89. The molecule has 2 amide bonds. The van der Waals surface area contributed by atoms with Crippen LogP contribution in [0, 0.1) is 5.82 Å². The molecule has 0 spiro atoms. The molecule has 0 saturated heterocycles. The lowest BCUT2D eigenvalue weighted by molar-refractivity contribution is 0.0697. The van der Waals surface area contributed by atoms with Crippen molar-refractivity contribution in [1.82, 2.24) is 15.5 Å². The average molecular weight is 294 g/mol. The summed E-state index contributed by atoms with van der Waals surface area (Å²) in [5.41, 5.74) is -0.332. The monoisotopic (exact) mass is 294 g/mol. The van der Waals surface area contributed by atoms with Crippen molar-refractivity contribution in [1.29, 1.82) is 0 Å². The molecular formula is C12H11FN4O4. The number of amides is 2. The number of rotatable bonds is 5. The molecular weight excluding hydrogens is 283 g/mol. The summed E-state index contributed by atoms with van der Waals surface area (Å²) in [6.45, 7) is 0.220. The number of carboxylic acid groups (broad SMARTS) is 1. The standard InChI is InChI=1S/C12H11FN4O4/c13-7-1-2-9(8(5-7)11(18)19)17-12(20)14-4-3-10-15-6-16-21-10/h1-2,5-6H,3-4H2,(H,18,19)(H2,14,17,20). The van der Waals surface area contributed by atoms with Crippen LogP contribution in [0.25, 0.3) is 0 Å². The van der Waals surface area contributed by atoms with Crippen molar-refractivity contribution in [3.63, 3.8) is 0 Å². The van der Waals surface area contributed by atoms with Crippen LogP contribution in [-0.4, -0.2) is 33.8 Å². The first-order valence-electron chi connectivity index (χ1n) is 5.89. The Balaban J connectivity index is 1.92. The lowest BCUT2D eigenvalue weighted by Crippen LogP contribution is -2.31. The van der Waals surface area contributed by atoms with Crippen molar-refractivity contribution in [2.45, 2.75) is 6.42 Å². The van der Waals surface area contributed by atoms with Gasteiger partial charge in [-0.1, -0.05) is 5.16 Å². The Hall–Kier alpha value is -2.97. The molecule has 2 aromatic rings. The number of carbonyl (C=O) groups excluding carboxylic acids is 1. The number of hydrogen-bond donors (Lipinski definition) is 3. The SMILES string of the molecule is O=C(NCCc1ncno1)Nc1ccc(F)cc1C(=O)O. The van der Waals surface area contributed by atoms with Gasteiger partial charge in [-0.05, 0) is 18.2 Å². The van der Waals surface area contributed by atoms with Gasteiger partial charge in [-0.2, -0.15) is 4.98 Å². The van der Waals surface area contributed by atoms with E-state index in [0.717, 1.165) is 12.1 Å². The maximum atomic E-state index is 13.0. The van der Waals surface area contributed by atoms with Gasteiger partial charge in [-0.15, -0.1) is 0 Å². The Morgan fingerprint density at radius 1 is 1.38 bits per heavy atom. The van der Waals surface area contributed by atoms with E-state index in [9.17, 15) is 14.0 Å². The zero-order valence-electron chi connectivity index (χ0n) is 10.7. The Morgan fingerprint density at radius 3 is 2.86 bits per heavy atom. The van der Waals surface area contributed by atoms with Gasteiger partial charge in [0, 0.05) is 13.0 Å². The van der Waals surface area contributed by atoms with Gasteiger partial charge < -0.3 is 20.3 Å². The summed E-state index contributed by atoms with van der Waals surface area (Å²) in [4.78, 5) is 26.4. The van der Waals surface area contributed by atoms with E-state index in [2.05, 4.69) is 20.8 Å². The molecule has 0 aliphatic heterocycles. The number of halogens is 1. The quantitative estimate of drug-likeness (QED) is 0.764. The van der Waals surface area contributed by atoms with Crippen LogP contribution in [0.2, 0.25) is 0 Å². The zero-order valence-corrected chi connectivity index (χ0v) is 10.7. The number of hydrogen-bond acceptors (Lipinski definition) is 5. The van der Waals surface area contributed by atoms with E-state index in [-0.39, 0.29) is 17.8 Å². The van der Waals surface area contributed by atoms with Gasteiger partial charge in [0.2, 0.25) is 5.89 Å². The molecule has 110 valence electrons. The molecule has 0 fully saturated rings. The molecule has 1 heterocycles. The second-order valence-electron chi connectivity index (χ2n) is 3.96. The second-order valence-corrected chi connectivity index (χ2v) is 3.96. The van der Waals surface area contributed by atoms with Crippen LogP contribution in [0.1, 0.15) is 16.2 Å². The van der Waals surface area contributed by atoms with E-state index < -0.39 is 17.8 Å². The Morgan fingerprint density at radius 2 is 2.19 bits per heavy atom. The number of benzene rings is 1. The van der Waals surface area contributed by atoms with Crippen LogP contribution in [0.5, 0.6) is 0 Å². The highest BCUT2D eigenvalue weighted by molar-refractivity contribution is 5.99. The van der Waals surface area contributed by atoms with Gasteiger partial charge >= 0.3 is 12.0 Å². The van der Waals surface area contributed by atoms with Gasteiger partial charge in [-0.25, -0.2) is 14.0 Å². The molecule has 3 N–H and O–H groups in total. The highest BCUT2D eigenvalue weighted by Gasteiger charge is 2.13. The number of nitrogens with one attached hydrogen (secondary N) is 2. The number of nitrogens with zero attached hydrogens (tertiary/aromatic N) is 2. The normalized spacial score (nSPS) is 10.1. The summed E-state index contributed by atoms with van der Waals surface area (Å²) in [6.07, 6.45) is 1.58. The summed E-state index contributed by atoms with van der Waals surface area (Å²) < 4.78 is 17.7. The summed E-state index contributed by atoms with van der Waals surface area (Å²) in [6, 6.07) is 2.44. The van der Waals surface area contributed by atoms with Crippen molar-refractivity contribution in [2.24, 2.45) is 0 Å². The highest BCUT2D eigenvalue weighted by Crippen LogP contribution is 2.16. The van der Waals surface area contributed by atoms with Gasteiger partial charge in [0.1, 0.15) is 5.82 Å². The number of aromatic nitrogens is 2. The second kappa shape index (κ2) is 6.46. The fourth-order valence-corrected chi connectivity index (χ4v) is 1.56. The number of urea groups is 1. The highest BCUT2D eigenvalue weighted by atomic mass is 19.1. The molecule has 1 aromatic carbocycles. The van der Waals surface area contributed by atoms with Crippen molar-refractivity contribution >= 4 is 17.7 Å². The summed E-state index contributed by atoms with van der Waals surface area (Å²) in [5, 5.41) is 17.2. The minimum Gasteiger partial charge on any atom is -0.478 e.